The summed E-state index contributed by atoms with van der Waals surface area (Å²) in [5, 5.41) is 2.50. The Morgan fingerprint density at radius 1 is 1.18 bits per heavy atom. The van der Waals surface area contributed by atoms with Crippen LogP contribution < -0.4 is 16.2 Å². The van der Waals surface area contributed by atoms with E-state index < -0.39 is 0 Å². The van der Waals surface area contributed by atoms with Crippen molar-refractivity contribution in [3.8, 4) is 0 Å². The van der Waals surface area contributed by atoms with E-state index in [1.807, 2.05) is 12.1 Å². The smallest absolute Gasteiger partial charge is 0.264 e. The first-order chi connectivity index (χ1) is 10.4. The molecule has 0 aliphatic heterocycles. The molecule has 0 aromatic heterocycles. The highest BCUT2D eigenvalue weighted by molar-refractivity contribution is 7.80. The van der Waals surface area contributed by atoms with E-state index in [9.17, 15) is 9.59 Å². The second-order valence-electron chi connectivity index (χ2n) is 4.87. The second kappa shape index (κ2) is 9.11. The average Bonchev–Trinajstić information content (AvgIpc) is 2.50. The number of ether oxygens (including phenoxy) is 1. The number of benzene rings is 1. The van der Waals surface area contributed by atoms with Gasteiger partial charge in [-0.1, -0.05) is 26.0 Å². The molecule has 1 aromatic carbocycles. The highest BCUT2D eigenvalue weighted by Crippen LogP contribution is 2.14. The molecular formula is C15H21N3O3S. The summed E-state index contributed by atoms with van der Waals surface area (Å²) >= 11 is 4.93. The number of hydrazine groups is 1. The monoisotopic (exact) mass is 323 g/mol. The van der Waals surface area contributed by atoms with Crippen molar-refractivity contribution < 1.29 is 14.3 Å². The lowest BCUT2D eigenvalue weighted by Gasteiger charge is -2.11. The summed E-state index contributed by atoms with van der Waals surface area (Å²) < 4.78 is 4.93. The molecule has 0 radical (unpaired) electrons. The highest BCUT2D eigenvalue weighted by Gasteiger charge is 2.09. The first-order valence-corrected chi connectivity index (χ1v) is 7.42. The quantitative estimate of drug-likeness (QED) is 0.565. The second-order valence-corrected chi connectivity index (χ2v) is 5.28. The Bertz CT molecular complexity index is 529. The van der Waals surface area contributed by atoms with E-state index in [1.54, 1.807) is 19.1 Å². The maximum Gasteiger partial charge on any atom is 0.264 e. The molecule has 0 saturated carbocycles. The number of thiocarbonyl (C=S) groups is 1. The Hall–Kier alpha value is -1.99. The van der Waals surface area contributed by atoms with Gasteiger partial charge in [0, 0.05) is 12.2 Å². The van der Waals surface area contributed by atoms with Gasteiger partial charge in [0.15, 0.2) is 5.11 Å². The maximum atomic E-state index is 12.0. The zero-order chi connectivity index (χ0) is 16.5. The Balaban J connectivity index is 2.43. The first kappa shape index (κ1) is 18.1. The summed E-state index contributed by atoms with van der Waals surface area (Å²) in [6, 6.07) is 7.28. The van der Waals surface area contributed by atoms with Gasteiger partial charge in [0.1, 0.15) is 6.61 Å². The van der Waals surface area contributed by atoms with Gasteiger partial charge in [-0.25, -0.2) is 0 Å². The minimum Gasteiger partial charge on any atom is -0.372 e. The lowest BCUT2D eigenvalue weighted by molar-refractivity contribution is -0.126. The largest absolute Gasteiger partial charge is 0.372 e. The molecule has 1 rings (SSSR count). The number of nitrogens with one attached hydrogen (secondary N) is 3. The zero-order valence-electron chi connectivity index (χ0n) is 12.9. The summed E-state index contributed by atoms with van der Waals surface area (Å²) in [7, 11) is 0. The lowest BCUT2D eigenvalue weighted by Crippen LogP contribution is -2.49. The molecule has 0 bridgehead atoms. The third kappa shape index (κ3) is 6.19. The van der Waals surface area contributed by atoms with Crippen LogP contribution in [0.25, 0.3) is 0 Å². The van der Waals surface area contributed by atoms with E-state index in [-0.39, 0.29) is 23.5 Å². The normalized spacial score (nSPS) is 10.2. The number of carbonyl (C=O) groups excluding carboxylic acids is 2. The van der Waals surface area contributed by atoms with Crippen LogP contribution in [0.3, 0.4) is 0 Å². The van der Waals surface area contributed by atoms with Gasteiger partial charge in [-0.15, -0.1) is 0 Å². The van der Waals surface area contributed by atoms with E-state index >= 15 is 0 Å². The van der Waals surface area contributed by atoms with Gasteiger partial charge in [-0.2, -0.15) is 0 Å². The van der Waals surface area contributed by atoms with Crippen LogP contribution >= 0.6 is 12.2 Å². The molecule has 2 amide bonds. The molecule has 0 aliphatic carbocycles. The molecule has 0 aliphatic rings. The van der Waals surface area contributed by atoms with Crippen LogP contribution in [0, 0.1) is 0 Å². The summed E-state index contributed by atoms with van der Waals surface area (Å²) in [5.74, 6) is -0.313. The van der Waals surface area contributed by atoms with Crippen LogP contribution in [0.5, 0.6) is 0 Å². The van der Waals surface area contributed by atoms with Gasteiger partial charge in [-0.3, -0.25) is 25.8 Å². The highest BCUT2D eigenvalue weighted by atomic mass is 32.1. The van der Waals surface area contributed by atoms with Crippen molar-refractivity contribution in [1.82, 2.24) is 16.2 Å². The van der Waals surface area contributed by atoms with E-state index in [0.29, 0.717) is 18.1 Å². The summed E-state index contributed by atoms with van der Waals surface area (Å²) in [6.07, 6.45) is 0. The number of hydrogen-bond acceptors (Lipinski definition) is 4. The fourth-order valence-corrected chi connectivity index (χ4v) is 1.73. The predicted octanol–water partition coefficient (Wildman–Crippen LogP) is 1.48. The van der Waals surface area contributed by atoms with Crippen molar-refractivity contribution in [2.75, 3.05) is 13.2 Å². The topological polar surface area (TPSA) is 79.5 Å². The van der Waals surface area contributed by atoms with Gasteiger partial charge in [-0.05, 0) is 42.8 Å². The van der Waals surface area contributed by atoms with Crippen LogP contribution in [0.1, 0.15) is 42.6 Å². The van der Waals surface area contributed by atoms with Crippen molar-refractivity contribution in [1.29, 1.82) is 0 Å². The van der Waals surface area contributed by atoms with Gasteiger partial charge in [0.25, 0.3) is 11.8 Å². The van der Waals surface area contributed by atoms with Gasteiger partial charge in [0.2, 0.25) is 0 Å². The van der Waals surface area contributed by atoms with Crippen LogP contribution in [-0.4, -0.2) is 30.1 Å². The average molecular weight is 323 g/mol. The molecule has 7 heteroatoms. The summed E-state index contributed by atoms with van der Waals surface area (Å²) in [6.45, 7) is 6.33. The van der Waals surface area contributed by atoms with Crippen molar-refractivity contribution in [3.63, 3.8) is 0 Å². The minimum atomic E-state index is -0.375. The minimum absolute atomic E-state index is 0.0165. The molecule has 0 saturated heterocycles. The van der Waals surface area contributed by atoms with Gasteiger partial charge in [0.05, 0.1) is 0 Å². The third-order valence-electron chi connectivity index (χ3n) is 2.82. The van der Waals surface area contributed by atoms with E-state index in [0.717, 1.165) is 5.56 Å². The molecule has 1 aromatic rings. The van der Waals surface area contributed by atoms with Crippen LogP contribution in [0.4, 0.5) is 0 Å². The van der Waals surface area contributed by atoms with E-state index in [2.05, 4.69) is 30.0 Å². The molecular weight excluding hydrogens is 302 g/mol. The zero-order valence-corrected chi connectivity index (χ0v) is 13.8. The Morgan fingerprint density at radius 3 is 2.36 bits per heavy atom. The van der Waals surface area contributed by atoms with Crippen molar-refractivity contribution in [2.24, 2.45) is 0 Å². The number of carbonyl (C=O) groups is 2. The molecule has 0 unspecified atom stereocenters. The lowest BCUT2D eigenvalue weighted by atomic mass is 10.0. The molecule has 3 N–H and O–H groups in total. The fraction of sp³-hybridized carbons (Fsp3) is 0.400. The standard InChI is InChI=1S/C15H21N3O3S/c1-4-21-9-13(19)17-18-15(22)16-14(20)12-7-5-11(6-8-12)10(2)3/h5-8,10H,4,9H2,1-3H3,(H,17,19)(H2,16,18,20,22). The van der Waals surface area contributed by atoms with Gasteiger partial charge >= 0.3 is 0 Å². The molecule has 0 heterocycles. The SMILES string of the molecule is CCOCC(=O)NNC(=S)NC(=O)c1ccc(C(C)C)cc1. The van der Waals surface area contributed by atoms with E-state index in [1.165, 1.54) is 0 Å². The van der Waals surface area contributed by atoms with Crippen molar-refractivity contribution in [3.05, 3.63) is 35.4 Å². The number of rotatable bonds is 5. The van der Waals surface area contributed by atoms with Gasteiger partial charge < -0.3 is 4.74 Å². The molecule has 0 spiro atoms. The summed E-state index contributed by atoms with van der Waals surface area (Å²) in [4.78, 5) is 23.3. The molecule has 0 fully saturated rings. The maximum absolute atomic E-state index is 12.0. The van der Waals surface area contributed by atoms with Crippen LogP contribution in [0.15, 0.2) is 24.3 Å². The Kier molecular flexibility index (Phi) is 7.48. The van der Waals surface area contributed by atoms with Crippen LogP contribution in [0.2, 0.25) is 0 Å². The Morgan fingerprint density at radius 2 is 1.82 bits per heavy atom. The molecule has 0 atom stereocenters. The third-order valence-corrected chi connectivity index (χ3v) is 3.02. The van der Waals surface area contributed by atoms with Crippen molar-refractivity contribution in [2.45, 2.75) is 26.7 Å². The number of amides is 2. The van der Waals surface area contributed by atoms with Crippen molar-refractivity contribution >= 4 is 29.1 Å². The fourth-order valence-electron chi connectivity index (χ4n) is 1.58. The molecule has 6 nitrogen and oxygen atoms in total. The number of hydrogen-bond donors (Lipinski definition) is 3. The summed E-state index contributed by atoms with van der Waals surface area (Å²) in [5.41, 5.74) is 6.42. The molecule has 120 valence electrons. The molecule has 22 heavy (non-hydrogen) atoms. The Labute approximate surface area is 135 Å². The first-order valence-electron chi connectivity index (χ1n) is 7.02. The predicted molar refractivity (Wildman–Crippen MR) is 88.4 cm³/mol. The van der Waals surface area contributed by atoms with Crippen LogP contribution in [-0.2, 0) is 9.53 Å². The van der Waals surface area contributed by atoms with E-state index in [4.69, 9.17) is 17.0 Å².